The molecule has 5 nitrogen and oxygen atoms in total. The van der Waals surface area contributed by atoms with Gasteiger partial charge in [0.15, 0.2) is 5.16 Å². The maximum Gasteiger partial charge on any atom is 0.262 e. The fourth-order valence-electron chi connectivity index (χ4n) is 3.47. The Kier molecular flexibility index (Phi) is 5.92. The van der Waals surface area contributed by atoms with Crippen LogP contribution in [0.25, 0.3) is 10.9 Å². The van der Waals surface area contributed by atoms with E-state index in [2.05, 4.69) is 0 Å². The van der Waals surface area contributed by atoms with E-state index in [0.29, 0.717) is 21.1 Å². The monoisotopic (exact) mass is 393 g/mol. The maximum absolute atomic E-state index is 13.2. The normalized spacial score (nSPS) is 16.6. The van der Waals surface area contributed by atoms with Crippen LogP contribution in [0.5, 0.6) is 0 Å². The second kappa shape index (κ2) is 8.01. The van der Waals surface area contributed by atoms with Crippen molar-refractivity contribution in [2.45, 2.75) is 55.5 Å². The van der Waals surface area contributed by atoms with Gasteiger partial charge in [-0.05, 0) is 38.0 Å². The van der Waals surface area contributed by atoms with Crippen molar-refractivity contribution in [1.29, 1.82) is 0 Å². The number of thioether (sulfide) groups is 1. The van der Waals surface area contributed by atoms with Crippen molar-refractivity contribution >= 4 is 40.2 Å². The van der Waals surface area contributed by atoms with E-state index in [1.54, 1.807) is 37.2 Å². The van der Waals surface area contributed by atoms with E-state index in [9.17, 15) is 9.59 Å². The molecule has 7 heteroatoms. The Hall–Kier alpha value is -1.53. The molecule has 1 aliphatic rings. The average molecular weight is 394 g/mol. The highest BCUT2D eigenvalue weighted by molar-refractivity contribution is 8.00. The van der Waals surface area contributed by atoms with Crippen molar-refractivity contribution in [1.82, 2.24) is 14.5 Å². The zero-order valence-corrected chi connectivity index (χ0v) is 16.9. The average Bonchev–Trinajstić information content (AvgIpc) is 2.61. The molecule has 1 fully saturated rings. The van der Waals surface area contributed by atoms with Gasteiger partial charge in [0, 0.05) is 25.2 Å². The van der Waals surface area contributed by atoms with Gasteiger partial charge in [-0.1, -0.05) is 42.6 Å². The number of amides is 1. The summed E-state index contributed by atoms with van der Waals surface area (Å²) in [7, 11) is 3.47. The van der Waals surface area contributed by atoms with Crippen LogP contribution in [0, 0.1) is 0 Å². The van der Waals surface area contributed by atoms with E-state index in [1.807, 2.05) is 11.5 Å². The van der Waals surface area contributed by atoms with E-state index in [-0.39, 0.29) is 22.8 Å². The quantitative estimate of drug-likeness (QED) is 0.579. The molecule has 140 valence electrons. The molecule has 0 radical (unpaired) electrons. The number of fused-ring (bicyclic) bond motifs is 1. The molecule has 26 heavy (non-hydrogen) atoms. The van der Waals surface area contributed by atoms with Gasteiger partial charge in [-0.3, -0.25) is 14.2 Å². The topological polar surface area (TPSA) is 55.2 Å². The molecule has 1 saturated carbocycles. The lowest BCUT2D eigenvalue weighted by molar-refractivity contribution is -0.127. The first-order chi connectivity index (χ1) is 12.4. The molecule has 2 aromatic rings. The molecule has 1 aromatic carbocycles. The Balaban J connectivity index is 2.11. The molecule has 0 aliphatic heterocycles. The van der Waals surface area contributed by atoms with Gasteiger partial charge in [0.05, 0.1) is 16.2 Å². The van der Waals surface area contributed by atoms with E-state index in [0.717, 1.165) is 25.7 Å². The van der Waals surface area contributed by atoms with Gasteiger partial charge in [0.1, 0.15) is 0 Å². The minimum atomic E-state index is -0.316. The molecule has 1 heterocycles. The van der Waals surface area contributed by atoms with Crippen LogP contribution in [0.15, 0.2) is 28.2 Å². The van der Waals surface area contributed by atoms with Crippen molar-refractivity contribution in [2.24, 2.45) is 0 Å². The van der Waals surface area contributed by atoms with Crippen molar-refractivity contribution in [2.75, 3.05) is 14.1 Å². The molecule has 0 saturated heterocycles. The summed E-state index contributed by atoms with van der Waals surface area (Å²) in [4.78, 5) is 31.8. The molecule has 3 rings (SSSR count). The number of nitrogens with zero attached hydrogens (tertiary/aromatic N) is 3. The number of carbonyl (C=O) groups is 1. The fraction of sp³-hybridized carbons (Fsp3) is 0.526. The second-order valence-corrected chi connectivity index (χ2v) is 8.76. The van der Waals surface area contributed by atoms with Gasteiger partial charge in [-0.2, -0.15) is 0 Å². The molecular weight excluding hydrogens is 370 g/mol. The summed E-state index contributed by atoms with van der Waals surface area (Å²) in [6, 6.07) is 5.33. The first kappa shape index (κ1) is 19.2. The highest BCUT2D eigenvalue weighted by Gasteiger charge is 2.25. The van der Waals surface area contributed by atoms with Crippen LogP contribution in [0.2, 0.25) is 5.02 Å². The summed E-state index contributed by atoms with van der Waals surface area (Å²) in [6.45, 7) is 1.85. The van der Waals surface area contributed by atoms with Crippen LogP contribution in [-0.4, -0.2) is 39.7 Å². The Bertz CT molecular complexity index is 875. The minimum absolute atomic E-state index is 0.00522. The van der Waals surface area contributed by atoms with Crippen molar-refractivity contribution in [3.05, 3.63) is 33.6 Å². The summed E-state index contributed by atoms with van der Waals surface area (Å²) in [5.74, 6) is 0.00522. The van der Waals surface area contributed by atoms with E-state index >= 15 is 0 Å². The minimum Gasteiger partial charge on any atom is -0.348 e. The standard InChI is InChI=1S/C19H24ClN3O2S/c1-12(17(24)22(2)3)26-19-21-16-11-13(20)9-10-15(16)18(25)23(19)14-7-5-4-6-8-14/h9-12,14H,4-8H2,1-3H3. The lowest BCUT2D eigenvalue weighted by Gasteiger charge is -2.27. The van der Waals surface area contributed by atoms with Crippen LogP contribution in [0.1, 0.15) is 45.1 Å². The van der Waals surface area contributed by atoms with Crippen LogP contribution < -0.4 is 5.56 Å². The number of benzene rings is 1. The van der Waals surface area contributed by atoms with Gasteiger partial charge >= 0.3 is 0 Å². The fourth-order valence-corrected chi connectivity index (χ4v) is 4.76. The zero-order chi connectivity index (χ0) is 18.8. The molecular formula is C19H24ClN3O2S. The van der Waals surface area contributed by atoms with Crippen LogP contribution >= 0.6 is 23.4 Å². The van der Waals surface area contributed by atoms with E-state index < -0.39 is 0 Å². The summed E-state index contributed by atoms with van der Waals surface area (Å²) < 4.78 is 1.82. The first-order valence-corrected chi connectivity index (χ1v) is 10.2. The number of rotatable bonds is 4. The van der Waals surface area contributed by atoms with Gasteiger partial charge in [-0.15, -0.1) is 0 Å². The molecule has 1 atom stereocenters. The third-order valence-corrected chi connectivity index (χ3v) is 6.13. The number of hydrogen-bond donors (Lipinski definition) is 0. The van der Waals surface area contributed by atoms with Crippen molar-refractivity contribution in [3.63, 3.8) is 0 Å². The zero-order valence-electron chi connectivity index (χ0n) is 15.4. The van der Waals surface area contributed by atoms with Crippen LogP contribution in [0.3, 0.4) is 0 Å². The Morgan fingerprint density at radius 1 is 1.31 bits per heavy atom. The molecule has 1 unspecified atom stereocenters. The predicted molar refractivity (Wildman–Crippen MR) is 107 cm³/mol. The third kappa shape index (κ3) is 3.91. The predicted octanol–water partition coefficient (Wildman–Crippen LogP) is 4.12. The van der Waals surface area contributed by atoms with Crippen molar-refractivity contribution < 1.29 is 4.79 Å². The summed E-state index contributed by atoms with van der Waals surface area (Å²) in [6.07, 6.45) is 5.40. The number of aromatic nitrogens is 2. The molecule has 0 N–H and O–H groups in total. The van der Waals surface area contributed by atoms with Crippen LogP contribution in [-0.2, 0) is 4.79 Å². The van der Waals surface area contributed by atoms with Gasteiger partial charge in [0.2, 0.25) is 5.91 Å². The molecule has 1 aliphatic carbocycles. The summed E-state index contributed by atoms with van der Waals surface area (Å²) in [5.41, 5.74) is 0.548. The lowest BCUT2D eigenvalue weighted by Crippen LogP contribution is -2.32. The Labute approximate surface area is 162 Å². The van der Waals surface area contributed by atoms with E-state index in [1.165, 1.54) is 18.2 Å². The van der Waals surface area contributed by atoms with E-state index in [4.69, 9.17) is 16.6 Å². The first-order valence-electron chi connectivity index (χ1n) is 8.98. The Morgan fingerprint density at radius 2 is 2.00 bits per heavy atom. The van der Waals surface area contributed by atoms with Gasteiger partial charge < -0.3 is 4.90 Å². The lowest BCUT2D eigenvalue weighted by atomic mass is 9.95. The number of carbonyl (C=O) groups excluding carboxylic acids is 1. The molecule has 0 bridgehead atoms. The highest BCUT2D eigenvalue weighted by Crippen LogP contribution is 2.32. The van der Waals surface area contributed by atoms with Gasteiger partial charge in [-0.25, -0.2) is 4.98 Å². The molecule has 1 amide bonds. The van der Waals surface area contributed by atoms with Crippen molar-refractivity contribution in [3.8, 4) is 0 Å². The molecule has 0 spiro atoms. The number of hydrogen-bond acceptors (Lipinski definition) is 4. The largest absolute Gasteiger partial charge is 0.348 e. The van der Waals surface area contributed by atoms with Crippen LogP contribution in [0.4, 0.5) is 0 Å². The number of halogens is 1. The smallest absolute Gasteiger partial charge is 0.262 e. The highest BCUT2D eigenvalue weighted by atomic mass is 35.5. The van der Waals surface area contributed by atoms with Gasteiger partial charge in [0.25, 0.3) is 5.56 Å². The maximum atomic E-state index is 13.2. The third-order valence-electron chi connectivity index (χ3n) is 4.84. The SMILES string of the molecule is CC(Sc1nc2cc(Cl)ccc2c(=O)n1C1CCCCC1)C(=O)N(C)C. The summed E-state index contributed by atoms with van der Waals surface area (Å²) in [5, 5.41) is 1.42. The summed E-state index contributed by atoms with van der Waals surface area (Å²) >= 11 is 7.45. The Morgan fingerprint density at radius 3 is 2.65 bits per heavy atom. The second-order valence-electron chi connectivity index (χ2n) is 7.02. The molecule has 1 aromatic heterocycles.